The van der Waals surface area contributed by atoms with Gasteiger partial charge in [0.25, 0.3) is 5.91 Å². The van der Waals surface area contributed by atoms with Gasteiger partial charge in [-0.2, -0.15) is 5.10 Å². The Hall–Kier alpha value is -2.28. The zero-order valence-corrected chi connectivity index (χ0v) is 13.7. The maximum atomic E-state index is 13.5. The van der Waals surface area contributed by atoms with E-state index in [-0.39, 0.29) is 11.1 Å². The van der Waals surface area contributed by atoms with Gasteiger partial charge in [-0.15, -0.1) is 0 Å². The molecule has 128 valence electrons. The van der Waals surface area contributed by atoms with Gasteiger partial charge in [-0.1, -0.05) is 0 Å². The average molecular weight is 332 g/mol. The molecule has 1 amide bonds. The highest BCUT2D eigenvalue weighted by Gasteiger charge is 2.18. The summed E-state index contributed by atoms with van der Waals surface area (Å²) in [7, 11) is 0. The number of fused-ring (bicyclic) bond motifs is 1. The van der Waals surface area contributed by atoms with Crippen molar-refractivity contribution in [2.45, 2.75) is 26.3 Å². The summed E-state index contributed by atoms with van der Waals surface area (Å²) < 4.78 is 15.0. The van der Waals surface area contributed by atoms with Crippen molar-refractivity contribution in [1.82, 2.24) is 20.0 Å². The van der Waals surface area contributed by atoms with Crippen molar-refractivity contribution >= 4 is 16.8 Å². The molecule has 7 heteroatoms. The first-order chi connectivity index (χ1) is 11.6. The number of carbonyl (C=O) groups excluding carboxylic acids is 1. The van der Waals surface area contributed by atoms with Gasteiger partial charge in [0.05, 0.1) is 10.9 Å². The second-order valence-corrected chi connectivity index (χ2v) is 5.96. The molecule has 2 aromatic rings. The number of benzene rings is 1. The summed E-state index contributed by atoms with van der Waals surface area (Å²) in [6.45, 7) is 5.66. The fraction of sp³-hybridized carbons (Fsp3) is 0.471. The van der Waals surface area contributed by atoms with E-state index in [4.69, 9.17) is 0 Å². The summed E-state index contributed by atoms with van der Waals surface area (Å²) >= 11 is 0. The zero-order valence-electron chi connectivity index (χ0n) is 13.7. The van der Waals surface area contributed by atoms with Gasteiger partial charge in [0.15, 0.2) is 5.69 Å². The third-order valence-corrected chi connectivity index (χ3v) is 4.34. The highest BCUT2D eigenvalue weighted by Crippen LogP contribution is 2.12. The Kier molecular flexibility index (Phi) is 4.89. The lowest BCUT2D eigenvalue weighted by molar-refractivity contribution is 0.0941. The maximum absolute atomic E-state index is 13.5. The minimum absolute atomic E-state index is 0.177. The molecule has 24 heavy (non-hydrogen) atoms. The van der Waals surface area contributed by atoms with Crippen LogP contribution < -0.4 is 10.7 Å². The molecule has 1 N–H and O–H groups in total. The van der Waals surface area contributed by atoms with E-state index in [1.807, 2.05) is 6.92 Å². The topological polar surface area (TPSA) is 67.2 Å². The zero-order chi connectivity index (χ0) is 17.1. The number of aromatic nitrogens is 2. The highest BCUT2D eigenvalue weighted by molar-refractivity contribution is 5.95. The molecule has 3 rings (SSSR count). The van der Waals surface area contributed by atoms with Crippen LogP contribution in [0.3, 0.4) is 0 Å². The lowest BCUT2D eigenvalue weighted by Crippen LogP contribution is -2.37. The molecule has 1 aliphatic rings. The molecular formula is C17H21FN4O2. The van der Waals surface area contributed by atoms with Crippen molar-refractivity contribution < 1.29 is 9.18 Å². The normalized spacial score (nSPS) is 15.1. The minimum atomic E-state index is -0.534. The molecular weight excluding hydrogens is 311 g/mol. The fourth-order valence-electron chi connectivity index (χ4n) is 3.07. The van der Waals surface area contributed by atoms with Crippen molar-refractivity contribution in [3.63, 3.8) is 0 Å². The first kappa shape index (κ1) is 16.6. The third-order valence-electron chi connectivity index (χ3n) is 4.34. The van der Waals surface area contributed by atoms with Crippen LogP contribution in [-0.2, 0) is 6.54 Å². The fourth-order valence-corrected chi connectivity index (χ4v) is 3.07. The van der Waals surface area contributed by atoms with Crippen LogP contribution in [0.5, 0.6) is 0 Å². The van der Waals surface area contributed by atoms with Gasteiger partial charge < -0.3 is 10.2 Å². The SMILES string of the molecule is CCn1nc(C(=O)NCCN2CCCC2)c(=O)c2cc(F)ccc21. The van der Waals surface area contributed by atoms with E-state index in [1.54, 1.807) is 4.68 Å². The summed E-state index contributed by atoms with van der Waals surface area (Å²) in [5.74, 6) is -1.01. The van der Waals surface area contributed by atoms with Gasteiger partial charge >= 0.3 is 0 Å². The lowest BCUT2D eigenvalue weighted by Gasteiger charge is -2.15. The average Bonchev–Trinajstić information content (AvgIpc) is 3.09. The van der Waals surface area contributed by atoms with Crippen LogP contribution >= 0.6 is 0 Å². The van der Waals surface area contributed by atoms with Crippen LogP contribution in [0.4, 0.5) is 4.39 Å². The lowest BCUT2D eigenvalue weighted by atomic mass is 10.2. The number of rotatable bonds is 5. The standard InChI is InChI=1S/C17H21FN4O2/c1-2-22-14-6-5-12(18)11-13(14)16(23)15(20-22)17(24)19-7-10-21-8-3-4-9-21/h5-6,11H,2-4,7-10H2,1H3,(H,19,24). The van der Waals surface area contributed by atoms with Crippen molar-refractivity contribution in [1.29, 1.82) is 0 Å². The quantitative estimate of drug-likeness (QED) is 0.898. The van der Waals surface area contributed by atoms with Gasteiger partial charge in [0.1, 0.15) is 5.82 Å². The largest absolute Gasteiger partial charge is 0.349 e. The van der Waals surface area contributed by atoms with E-state index in [0.29, 0.717) is 18.6 Å². The first-order valence-electron chi connectivity index (χ1n) is 8.31. The number of aryl methyl sites for hydroxylation is 1. The number of amides is 1. The predicted molar refractivity (Wildman–Crippen MR) is 89.6 cm³/mol. The Labute approximate surface area is 139 Å². The van der Waals surface area contributed by atoms with E-state index < -0.39 is 17.2 Å². The number of nitrogens with zero attached hydrogens (tertiary/aromatic N) is 3. The molecule has 1 aliphatic heterocycles. The number of nitrogens with one attached hydrogen (secondary N) is 1. The summed E-state index contributed by atoms with van der Waals surface area (Å²) in [5, 5.41) is 7.08. The van der Waals surface area contributed by atoms with Crippen LogP contribution in [0.1, 0.15) is 30.3 Å². The van der Waals surface area contributed by atoms with Gasteiger partial charge in [0.2, 0.25) is 5.43 Å². The van der Waals surface area contributed by atoms with Crippen molar-refractivity contribution in [3.05, 3.63) is 39.9 Å². The maximum Gasteiger partial charge on any atom is 0.275 e. The number of likely N-dealkylation sites (tertiary alicyclic amines) is 1. The molecule has 0 spiro atoms. The smallest absolute Gasteiger partial charge is 0.275 e. The number of hydrogen-bond acceptors (Lipinski definition) is 4. The first-order valence-corrected chi connectivity index (χ1v) is 8.31. The van der Waals surface area contributed by atoms with Crippen LogP contribution in [0.2, 0.25) is 0 Å². The Balaban J connectivity index is 1.83. The molecule has 6 nitrogen and oxygen atoms in total. The number of hydrogen-bond donors (Lipinski definition) is 1. The van der Waals surface area contributed by atoms with E-state index in [0.717, 1.165) is 25.7 Å². The molecule has 0 radical (unpaired) electrons. The monoisotopic (exact) mass is 332 g/mol. The number of halogens is 1. The Morgan fingerprint density at radius 1 is 1.33 bits per heavy atom. The second-order valence-electron chi connectivity index (χ2n) is 5.96. The molecule has 0 saturated carbocycles. The molecule has 1 saturated heterocycles. The summed E-state index contributed by atoms with van der Waals surface area (Å²) in [6.07, 6.45) is 2.37. The van der Waals surface area contributed by atoms with Crippen LogP contribution in [0.25, 0.3) is 10.9 Å². The second kappa shape index (κ2) is 7.09. The molecule has 0 unspecified atom stereocenters. The molecule has 1 aromatic carbocycles. The van der Waals surface area contributed by atoms with E-state index in [9.17, 15) is 14.0 Å². The van der Waals surface area contributed by atoms with Gasteiger partial charge in [-0.25, -0.2) is 4.39 Å². The van der Waals surface area contributed by atoms with Crippen LogP contribution in [0.15, 0.2) is 23.0 Å². The predicted octanol–water partition coefficient (Wildman–Crippen LogP) is 1.38. The summed E-state index contributed by atoms with van der Waals surface area (Å²) in [4.78, 5) is 27.1. The van der Waals surface area contributed by atoms with Gasteiger partial charge in [-0.3, -0.25) is 14.3 Å². The molecule has 0 atom stereocenters. The highest BCUT2D eigenvalue weighted by atomic mass is 19.1. The minimum Gasteiger partial charge on any atom is -0.349 e. The third kappa shape index (κ3) is 3.31. The summed E-state index contributed by atoms with van der Waals surface area (Å²) in [5.41, 5.74) is -0.193. The summed E-state index contributed by atoms with van der Waals surface area (Å²) in [6, 6.07) is 3.95. The molecule has 1 aromatic heterocycles. The Morgan fingerprint density at radius 2 is 2.08 bits per heavy atom. The van der Waals surface area contributed by atoms with Crippen LogP contribution in [-0.4, -0.2) is 46.8 Å². The van der Waals surface area contributed by atoms with E-state index in [1.165, 1.54) is 25.0 Å². The molecule has 2 heterocycles. The molecule has 0 aliphatic carbocycles. The van der Waals surface area contributed by atoms with Crippen molar-refractivity contribution in [2.75, 3.05) is 26.2 Å². The van der Waals surface area contributed by atoms with E-state index in [2.05, 4.69) is 15.3 Å². The van der Waals surface area contributed by atoms with Gasteiger partial charge in [-0.05, 0) is 51.1 Å². The Bertz CT molecular complexity index is 812. The van der Waals surface area contributed by atoms with Gasteiger partial charge in [0, 0.05) is 19.6 Å². The molecule has 0 bridgehead atoms. The van der Waals surface area contributed by atoms with Crippen molar-refractivity contribution in [2.24, 2.45) is 0 Å². The van der Waals surface area contributed by atoms with Crippen molar-refractivity contribution in [3.8, 4) is 0 Å². The Morgan fingerprint density at radius 3 is 2.79 bits per heavy atom. The molecule has 1 fully saturated rings. The van der Waals surface area contributed by atoms with E-state index >= 15 is 0 Å². The number of carbonyl (C=O) groups is 1. The van der Waals surface area contributed by atoms with Crippen LogP contribution in [0, 0.1) is 5.82 Å².